The van der Waals surface area contributed by atoms with E-state index in [2.05, 4.69) is 23.1 Å². The zero-order valence-electron chi connectivity index (χ0n) is 17.2. The number of hydrogen-bond acceptors (Lipinski definition) is 4. The van der Waals surface area contributed by atoms with E-state index in [1.54, 1.807) is 12.1 Å². The van der Waals surface area contributed by atoms with Crippen LogP contribution in [-0.2, 0) is 0 Å². The van der Waals surface area contributed by atoms with Gasteiger partial charge in [-0.1, -0.05) is 36.4 Å². The first-order valence-electron chi connectivity index (χ1n) is 10.4. The third-order valence-corrected chi connectivity index (χ3v) is 5.70. The van der Waals surface area contributed by atoms with E-state index in [1.165, 1.54) is 17.7 Å². The van der Waals surface area contributed by atoms with Gasteiger partial charge in [0.15, 0.2) is 5.82 Å². The monoisotopic (exact) mass is 411 g/mol. The molecule has 0 saturated heterocycles. The van der Waals surface area contributed by atoms with Crippen molar-refractivity contribution in [2.24, 2.45) is 0 Å². The quantitative estimate of drug-likeness (QED) is 0.467. The lowest BCUT2D eigenvalue weighted by atomic mass is 9.99. The topological polar surface area (TPSA) is 49.2 Å². The van der Waals surface area contributed by atoms with Crippen LogP contribution in [0.5, 0.6) is 5.75 Å². The van der Waals surface area contributed by atoms with E-state index in [4.69, 9.17) is 9.97 Å². The maximum Gasteiger partial charge on any atom is 0.165 e. The minimum absolute atomic E-state index is 0.164. The van der Waals surface area contributed by atoms with Crippen molar-refractivity contribution in [3.05, 3.63) is 89.8 Å². The molecular formula is C26H22FN3O. The Morgan fingerprint density at radius 1 is 0.968 bits per heavy atom. The number of aryl methyl sites for hydroxylation is 1. The smallest absolute Gasteiger partial charge is 0.165 e. The van der Waals surface area contributed by atoms with E-state index >= 15 is 0 Å². The number of anilines is 1. The molecule has 0 saturated carbocycles. The van der Waals surface area contributed by atoms with Crippen molar-refractivity contribution in [2.75, 3.05) is 18.0 Å². The number of phenolic OH excluding ortho intramolecular Hbond substituents is 1. The number of phenols is 1. The largest absolute Gasteiger partial charge is 0.507 e. The van der Waals surface area contributed by atoms with Crippen LogP contribution in [-0.4, -0.2) is 28.2 Å². The molecule has 0 spiro atoms. The summed E-state index contributed by atoms with van der Waals surface area (Å²) >= 11 is 0. The molecule has 3 aromatic carbocycles. The first-order valence-corrected chi connectivity index (χ1v) is 10.4. The van der Waals surface area contributed by atoms with Gasteiger partial charge in [-0.3, -0.25) is 0 Å². The molecule has 1 aliphatic rings. The van der Waals surface area contributed by atoms with Crippen LogP contribution in [0.25, 0.3) is 27.9 Å². The van der Waals surface area contributed by atoms with Gasteiger partial charge in [0.05, 0.1) is 11.1 Å². The van der Waals surface area contributed by atoms with Gasteiger partial charge in [0, 0.05) is 18.5 Å². The van der Waals surface area contributed by atoms with E-state index < -0.39 is 0 Å². The average molecular weight is 411 g/mol. The van der Waals surface area contributed by atoms with Gasteiger partial charge in [0.2, 0.25) is 0 Å². The summed E-state index contributed by atoms with van der Waals surface area (Å²) < 4.78 is 13.3. The summed E-state index contributed by atoms with van der Waals surface area (Å²) in [5.74, 6) is 1.32. The first kappa shape index (κ1) is 19.2. The number of aromatic nitrogens is 2. The molecule has 0 aliphatic carbocycles. The Hall–Kier alpha value is -3.73. The molecule has 1 aromatic heterocycles. The average Bonchev–Trinajstić information content (AvgIpc) is 2.79. The Labute approximate surface area is 180 Å². The molecule has 0 unspecified atom stereocenters. The lowest BCUT2D eigenvalue weighted by Crippen LogP contribution is -2.29. The Kier molecular flexibility index (Phi) is 4.86. The molecule has 2 heterocycles. The van der Waals surface area contributed by atoms with Gasteiger partial charge in [-0.25, -0.2) is 14.4 Å². The molecular weight excluding hydrogens is 389 g/mol. The Morgan fingerprint density at radius 2 is 1.77 bits per heavy atom. The predicted octanol–water partition coefficient (Wildman–Crippen LogP) is 5.74. The van der Waals surface area contributed by atoms with Gasteiger partial charge >= 0.3 is 0 Å². The minimum Gasteiger partial charge on any atom is -0.507 e. The number of benzene rings is 3. The highest BCUT2D eigenvalue weighted by Crippen LogP contribution is 2.33. The molecule has 0 atom stereocenters. The van der Waals surface area contributed by atoms with Gasteiger partial charge in [-0.05, 0) is 66.4 Å². The molecule has 5 heteroatoms. The molecule has 4 aromatic rings. The van der Waals surface area contributed by atoms with Gasteiger partial charge in [0.25, 0.3) is 0 Å². The molecule has 1 aliphatic heterocycles. The van der Waals surface area contributed by atoms with Crippen LogP contribution >= 0.6 is 0 Å². The SMILES string of the molecule is Cc1ccc2c(N3CC=C(c4ccc(F)cc4)CC3)nc(-c3ccccc3O)nc2c1. The molecule has 1 N–H and O–H groups in total. The second-order valence-electron chi connectivity index (χ2n) is 7.84. The number of halogens is 1. The normalized spacial score (nSPS) is 14.0. The van der Waals surface area contributed by atoms with Crippen molar-refractivity contribution >= 4 is 22.3 Å². The van der Waals surface area contributed by atoms with Crippen LogP contribution in [0, 0.1) is 12.7 Å². The predicted molar refractivity (Wildman–Crippen MR) is 123 cm³/mol. The van der Waals surface area contributed by atoms with Crippen molar-refractivity contribution in [3.63, 3.8) is 0 Å². The number of nitrogens with zero attached hydrogens (tertiary/aromatic N) is 3. The third-order valence-electron chi connectivity index (χ3n) is 5.70. The number of rotatable bonds is 3. The van der Waals surface area contributed by atoms with Crippen molar-refractivity contribution in [1.29, 1.82) is 0 Å². The van der Waals surface area contributed by atoms with Crippen LogP contribution in [0.2, 0.25) is 0 Å². The van der Waals surface area contributed by atoms with Gasteiger partial charge in [-0.15, -0.1) is 0 Å². The lowest BCUT2D eigenvalue weighted by Gasteiger charge is -2.29. The molecule has 31 heavy (non-hydrogen) atoms. The molecule has 0 fully saturated rings. The molecule has 4 nitrogen and oxygen atoms in total. The van der Waals surface area contributed by atoms with Gasteiger partial charge in [0.1, 0.15) is 17.4 Å². The van der Waals surface area contributed by atoms with Crippen LogP contribution in [0.4, 0.5) is 10.2 Å². The fourth-order valence-corrected chi connectivity index (χ4v) is 4.03. The van der Waals surface area contributed by atoms with E-state index in [1.807, 2.05) is 37.3 Å². The number of aromatic hydroxyl groups is 1. The van der Waals surface area contributed by atoms with Crippen LogP contribution in [0.3, 0.4) is 0 Å². The highest BCUT2D eigenvalue weighted by atomic mass is 19.1. The fourth-order valence-electron chi connectivity index (χ4n) is 4.03. The Bertz CT molecular complexity index is 1300. The maximum atomic E-state index is 13.3. The van der Waals surface area contributed by atoms with Crippen LogP contribution < -0.4 is 4.90 Å². The van der Waals surface area contributed by atoms with E-state index in [0.717, 1.165) is 40.8 Å². The molecule has 5 rings (SSSR count). The molecule has 154 valence electrons. The second kappa shape index (κ2) is 7.84. The zero-order chi connectivity index (χ0) is 21.4. The first-order chi connectivity index (χ1) is 15.1. The summed E-state index contributed by atoms with van der Waals surface area (Å²) in [6.07, 6.45) is 3.02. The minimum atomic E-state index is -0.221. The second-order valence-corrected chi connectivity index (χ2v) is 7.84. The van der Waals surface area contributed by atoms with Crippen LogP contribution in [0.15, 0.2) is 72.8 Å². The van der Waals surface area contributed by atoms with E-state index in [9.17, 15) is 9.50 Å². The van der Waals surface area contributed by atoms with Crippen molar-refractivity contribution in [3.8, 4) is 17.1 Å². The molecule has 0 radical (unpaired) electrons. The summed E-state index contributed by atoms with van der Waals surface area (Å²) in [5.41, 5.74) is 4.87. The lowest BCUT2D eigenvalue weighted by molar-refractivity contribution is 0.477. The fraction of sp³-hybridized carbons (Fsp3) is 0.154. The van der Waals surface area contributed by atoms with Crippen molar-refractivity contribution in [2.45, 2.75) is 13.3 Å². The molecule has 0 amide bonds. The summed E-state index contributed by atoms with van der Waals surface area (Å²) in [5, 5.41) is 11.3. The highest BCUT2D eigenvalue weighted by molar-refractivity contribution is 5.92. The summed E-state index contributed by atoms with van der Waals surface area (Å²) in [6, 6.07) is 20.0. The summed E-state index contributed by atoms with van der Waals surface area (Å²) in [4.78, 5) is 11.8. The van der Waals surface area contributed by atoms with Gasteiger partial charge in [-0.2, -0.15) is 0 Å². The van der Waals surface area contributed by atoms with Gasteiger partial charge < -0.3 is 10.0 Å². The van der Waals surface area contributed by atoms with E-state index in [-0.39, 0.29) is 11.6 Å². The standard InChI is InChI=1S/C26H22FN3O/c1-17-6-11-21-23(16-17)28-25(22-4-2-3-5-24(22)31)29-26(21)30-14-12-19(13-15-30)18-7-9-20(27)10-8-18/h2-12,16,31H,13-15H2,1H3. The van der Waals surface area contributed by atoms with Crippen molar-refractivity contribution in [1.82, 2.24) is 9.97 Å². The van der Waals surface area contributed by atoms with Crippen LogP contribution in [0.1, 0.15) is 17.5 Å². The van der Waals surface area contributed by atoms with E-state index in [0.29, 0.717) is 17.9 Å². The number of para-hydroxylation sites is 1. The summed E-state index contributed by atoms with van der Waals surface area (Å²) in [7, 11) is 0. The Morgan fingerprint density at radius 3 is 2.52 bits per heavy atom. The third kappa shape index (κ3) is 3.75. The zero-order valence-corrected chi connectivity index (χ0v) is 17.2. The maximum absolute atomic E-state index is 13.3. The van der Waals surface area contributed by atoms with Crippen molar-refractivity contribution < 1.29 is 9.50 Å². The number of fused-ring (bicyclic) bond motifs is 1. The molecule has 0 bridgehead atoms. The number of hydrogen-bond donors (Lipinski definition) is 1. The Balaban J connectivity index is 1.56. The summed E-state index contributed by atoms with van der Waals surface area (Å²) in [6.45, 7) is 3.54. The highest BCUT2D eigenvalue weighted by Gasteiger charge is 2.20.